The highest BCUT2D eigenvalue weighted by Gasteiger charge is 2.11. The summed E-state index contributed by atoms with van der Waals surface area (Å²) in [4.78, 5) is 22.3. The van der Waals surface area contributed by atoms with Gasteiger partial charge in [-0.25, -0.2) is 9.97 Å². The van der Waals surface area contributed by atoms with E-state index in [-0.39, 0.29) is 5.69 Å². The third-order valence-electron chi connectivity index (χ3n) is 2.78. The van der Waals surface area contributed by atoms with Gasteiger partial charge in [-0.05, 0) is 30.3 Å². The van der Waals surface area contributed by atoms with E-state index < -0.39 is 5.91 Å². The van der Waals surface area contributed by atoms with Gasteiger partial charge < -0.3 is 16.0 Å². The fraction of sp³-hybridized carbons (Fsp3) is 0. The fourth-order valence-corrected chi connectivity index (χ4v) is 2.04. The Morgan fingerprint density at radius 2 is 2.15 bits per heavy atom. The van der Waals surface area contributed by atoms with Crippen LogP contribution in [0.15, 0.2) is 36.7 Å². The zero-order valence-electron chi connectivity index (χ0n) is 10.2. The first kappa shape index (κ1) is 12.4. The molecule has 20 heavy (non-hydrogen) atoms. The van der Waals surface area contributed by atoms with Crippen LogP contribution >= 0.6 is 11.6 Å². The number of benzene rings is 1. The molecule has 2 aromatic heterocycles. The minimum absolute atomic E-state index is 0.211. The Morgan fingerprint density at radius 1 is 1.30 bits per heavy atom. The molecule has 0 radical (unpaired) electrons. The number of primary amides is 1. The summed E-state index contributed by atoms with van der Waals surface area (Å²) >= 11 is 5.92. The second kappa shape index (κ2) is 4.82. The number of hydrogen-bond acceptors (Lipinski definition) is 4. The summed E-state index contributed by atoms with van der Waals surface area (Å²) in [5.74, 6) is 0.324. The van der Waals surface area contributed by atoms with E-state index in [1.165, 1.54) is 6.33 Å². The molecule has 0 aliphatic carbocycles. The van der Waals surface area contributed by atoms with Gasteiger partial charge in [0.15, 0.2) is 5.82 Å². The zero-order valence-corrected chi connectivity index (χ0v) is 11.0. The van der Waals surface area contributed by atoms with Gasteiger partial charge in [-0.3, -0.25) is 4.79 Å². The topological polar surface area (TPSA) is 96.7 Å². The van der Waals surface area contributed by atoms with Crippen LogP contribution < -0.4 is 11.1 Å². The molecule has 0 aliphatic rings. The van der Waals surface area contributed by atoms with Crippen molar-refractivity contribution >= 4 is 40.0 Å². The molecule has 0 aliphatic heterocycles. The van der Waals surface area contributed by atoms with Crippen LogP contribution in [0.3, 0.4) is 0 Å². The number of aromatic nitrogens is 3. The number of fused-ring (bicyclic) bond motifs is 1. The van der Waals surface area contributed by atoms with Gasteiger partial charge in [-0.1, -0.05) is 11.6 Å². The lowest BCUT2D eigenvalue weighted by molar-refractivity contribution is 0.0997. The molecular formula is C13H10ClN5O. The van der Waals surface area contributed by atoms with Gasteiger partial charge in [-0.2, -0.15) is 0 Å². The van der Waals surface area contributed by atoms with Crippen molar-refractivity contribution in [3.05, 3.63) is 47.4 Å². The van der Waals surface area contributed by atoms with Crippen LogP contribution in [0.4, 0.5) is 11.6 Å². The Bertz CT molecular complexity index is 798. The lowest BCUT2D eigenvalue weighted by Crippen LogP contribution is -2.13. The molecule has 0 atom stereocenters. The summed E-state index contributed by atoms with van der Waals surface area (Å²) < 4.78 is 0. The van der Waals surface area contributed by atoms with Crippen LogP contribution in [0.25, 0.3) is 10.9 Å². The van der Waals surface area contributed by atoms with Gasteiger partial charge in [0.25, 0.3) is 5.91 Å². The van der Waals surface area contributed by atoms with E-state index in [9.17, 15) is 4.79 Å². The maximum absolute atomic E-state index is 11.2. The Balaban J connectivity index is 1.96. The molecule has 4 N–H and O–H groups in total. The standard InChI is InChI=1S/C13H10ClN5O/c14-8-2-3-9-7(5-8)1-4-10(18-9)19-13-11(12(15)20)16-6-17-13/h1-6H,(H2,15,20)(H,16,17)(H,18,19). The van der Waals surface area contributed by atoms with E-state index in [1.807, 2.05) is 18.2 Å². The molecule has 3 rings (SSSR count). The smallest absolute Gasteiger partial charge is 0.269 e. The minimum Gasteiger partial charge on any atom is -0.364 e. The number of nitrogens with one attached hydrogen (secondary N) is 2. The lowest BCUT2D eigenvalue weighted by atomic mass is 10.2. The Morgan fingerprint density at radius 3 is 2.95 bits per heavy atom. The van der Waals surface area contributed by atoms with E-state index in [1.54, 1.807) is 12.1 Å². The first-order valence-electron chi connectivity index (χ1n) is 5.80. The molecule has 0 saturated heterocycles. The molecule has 3 aromatic rings. The third kappa shape index (κ3) is 2.28. The number of H-pyrrole nitrogens is 1. The van der Waals surface area contributed by atoms with Crippen molar-refractivity contribution in [2.45, 2.75) is 0 Å². The molecule has 0 saturated carbocycles. The van der Waals surface area contributed by atoms with E-state index in [0.29, 0.717) is 16.7 Å². The normalized spacial score (nSPS) is 10.7. The van der Waals surface area contributed by atoms with Crippen molar-refractivity contribution < 1.29 is 4.79 Å². The van der Waals surface area contributed by atoms with Gasteiger partial charge in [0.1, 0.15) is 11.5 Å². The van der Waals surface area contributed by atoms with Crippen LogP contribution in [0.5, 0.6) is 0 Å². The number of rotatable bonds is 3. The molecule has 6 nitrogen and oxygen atoms in total. The van der Waals surface area contributed by atoms with Crippen LogP contribution in [0.2, 0.25) is 5.02 Å². The molecule has 0 bridgehead atoms. The summed E-state index contributed by atoms with van der Waals surface area (Å²) in [7, 11) is 0. The van der Waals surface area contributed by atoms with Crippen molar-refractivity contribution in [2.75, 3.05) is 5.32 Å². The number of carbonyl (C=O) groups is 1. The Labute approximate surface area is 119 Å². The van der Waals surface area contributed by atoms with Gasteiger partial charge >= 0.3 is 0 Å². The minimum atomic E-state index is -0.586. The van der Waals surface area contributed by atoms with E-state index in [2.05, 4.69) is 20.3 Å². The van der Waals surface area contributed by atoms with E-state index in [0.717, 1.165) is 10.9 Å². The van der Waals surface area contributed by atoms with Crippen LogP contribution in [-0.2, 0) is 0 Å². The highest BCUT2D eigenvalue weighted by molar-refractivity contribution is 6.31. The predicted octanol–water partition coefficient (Wildman–Crippen LogP) is 2.45. The molecule has 2 heterocycles. The number of carbonyl (C=O) groups excluding carboxylic acids is 1. The molecule has 0 spiro atoms. The third-order valence-corrected chi connectivity index (χ3v) is 3.02. The van der Waals surface area contributed by atoms with Gasteiger partial charge in [-0.15, -0.1) is 0 Å². The molecule has 1 aromatic carbocycles. The summed E-state index contributed by atoms with van der Waals surface area (Å²) in [5, 5.41) is 4.54. The average Bonchev–Trinajstić information content (AvgIpc) is 2.87. The SMILES string of the molecule is NC(=O)c1[nH]cnc1Nc1ccc2cc(Cl)ccc2n1. The molecular weight excluding hydrogens is 278 g/mol. The van der Waals surface area contributed by atoms with Crippen LogP contribution in [0.1, 0.15) is 10.5 Å². The number of nitrogens with zero attached hydrogens (tertiary/aromatic N) is 2. The highest BCUT2D eigenvalue weighted by Crippen LogP contribution is 2.21. The van der Waals surface area contributed by atoms with Gasteiger partial charge in [0.2, 0.25) is 0 Å². The number of nitrogens with two attached hydrogens (primary N) is 1. The predicted molar refractivity (Wildman–Crippen MR) is 77.1 cm³/mol. The van der Waals surface area contributed by atoms with E-state index in [4.69, 9.17) is 17.3 Å². The fourth-order valence-electron chi connectivity index (χ4n) is 1.86. The number of pyridine rings is 1. The molecule has 0 unspecified atom stereocenters. The van der Waals surface area contributed by atoms with Gasteiger partial charge in [0, 0.05) is 10.4 Å². The van der Waals surface area contributed by atoms with Crippen molar-refractivity contribution in [1.82, 2.24) is 15.0 Å². The van der Waals surface area contributed by atoms with Crippen molar-refractivity contribution in [1.29, 1.82) is 0 Å². The summed E-state index contributed by atoms with van der Waals surface area (Å²) in [6.07, 6.45) is 1.39. The molecule has 0 fully saturated rings. The average molecular weight is 288 g/mol. The number of imidazole rings is 1. The molecule has 1 amide bonds. The quantitative estimate of drug-likeness (QED) is 0.689. The largest absolute Gasteiger partial charge is 0.364 e. The maximum Gasteiger partial charge on any atom is 0.269 e. The number of amides is 1. The van der Waals surface area contributed by atoms with Crippen LogP contribution in [0, 0.1) is 0 Å². The summed E-state index contributed by atoms with van der Waals surface area (Å²) in [6.45, 7) is 0. The maximum atomic E-state index is 11.2. The number of halogens is 1. The highest BCUT2D eigenvalue weighted by atomic mass is 35.5. The van der Waals surface area contributed by atoms with Crippen LogP contribution in [-0.4, -0.2) is 20.9 Å². The van der Waals surface area contributed by atoms with Crippen molar-refractivity contribution in [3.63, 3.8) is 0 Å². The molecule has 100 valence electrons. The first-order chi connectivity index (χ1) is 9.63. The second-order valence-corrected chi connectivity index (χ2v) is 4.59. The lowest BCUT2D eigenvalue weighted by Gasteiger charge is -2.05. The number of aromatic amines is 1. The monoisotopic (exact) mass is 287 g/mol. The molecule has 7 heteroatoms. The van der Waals surface area contributed by atoms with Crippen molar-refractivity contribution in [3.8, 4) is 0 Å². The van der Waals surface area contributed by atoms with Crippen molar-refractivity contribution in [2.24, 2.45) is 5.73 Å². The first-order valence-corrected chi connectivity index (χ1v) is 6.18. The number of hydrogen-bond donors (Lipinski definition) is 3. The summed E-state index contributed by atoms with van der Waals surface area (Å²) in [5.41, 5.74) is 6.23. The Hall–Kier alpha value is -2.60. The van der Waals surface area contributed by atoms with Gasteiger partial charge in [0.05, 0.1) is 11.8 Å². The summed E-state index contributed by atoms with van der Waals surface area (Å²) in [6, 6.07) is 9.08. The Kier molecular flexibility index (Phi) is 3.00. The second-order valence-electron chi connectivity index (χ2n) is 4.15. The number of anilines is 2. The zero-order chi connectivity index (χ0) is 14.1. The van der Waals surface area contributed by atoms with E-state index >= 15 is 0 Å².